The fourth-order valence-electron chi connectivity index (χ4n) is 4.43. The monoisotopic (exact) mass is 415 g/mol. The molecule has 5 nitrogen and oxygen atoms in total. The van der Waals surface area contributed by atoms with Crippen LogP contribution in [0.2, 0.25) is 0 Å². The Morgan fingerprint density at radius 1 is 0.871 bits per heavy atom. The van der Waals surface area contributed by atoms with Crippen LogP contribution >= 0.6 is 0 Å². The van der Waals surface area contributed by atoms with Crippen LogP contribution in [0.3, 0.4) is 0 Å². The van der Waals surface area contributed by atoms with Gasteiger partial charge in [0.1, 0.15) is 5.82 Å². The van der Waals surface area contributed by atoms with E-state index < -0.39 is 0 Å². The first kappa shape index (κ1) is 19.7. The molecule has 1 aliphatic heterocycles. The third kappa shape index (κ3) is 4.30. The van der Waals surface area contributed by atoms with Crippen LogP contribution in [0, 0.1) is 5.82 Å². The van der Waals surface area contributed by atoms with Crippen molar-refractivity contribution in [2.45, 2.75) is 18.9 Å². The summed E-state index contributed by atoms with van der Waals surface area (Å²) < 4.78 is 13.9. The Kier molecular flexibility index (Phi) is 5.63. The minimum atomic E-state index is -0.244. The summed E-state index contributed by atoms with van der Waals surface area (Å²) in [5, 5.41) is 8.98. The number of hydrogen-bond donors (Lipinski definition) is 2. The molecule has 0 amide bonds. The van der Waals surface area contributed by atoms with Crippen LogP contribution < -0.4 is 15.5 Å². The second kappa shape index (κ2) is 8.86. The molecule has 31 heavy (non-hydrogen) atoms. The zero-order valence-electron chi connectivity index (χ0n) is 17.4. The van der Waals surface area contributed by atoms with Crippen molar-refractivity contribution in [3.63, 3.8) is 0 Å². The van der Waals surface area contributed by atoms with Crippen molar-refractivity contribution in [2.75, 3.05) is 36.4 Å². The molecule has 1 fully saturated rings. The van der Waals surface area contributed by atoms with E-state index in [0.717, 1.165) is 61.1 Å². The van der Waals surface area contributed by atoms with Gasteiger partial charge >= 0.3 is 0 Å². The van der Waals surface area contributed by atoms with Gasteiger partial charge in [-0.2, -0.15) is 0 Å². The zero-order valence-corrected chi connectivity index (χ0v) is 17.4. The summed E-state index contributed by atoms with van der Waals surface area (Å²) in [5.41, 5.74) is 3.86. The van der Waals surface area contributed by atoms with Crippen LogP contribution in [0.4, 0.5) is 15.8 Å². The van der Waals surface area contributed by atoms with Crippen LogP contribution in [-0.4, -0.2) is 42.2 Å². The molecule has 0 aliphatic carbocycles. The summed E-state index contributed by atoms with van der Waals surface area (Å²) in [5.74, 6) is -0.244. The molecule has 0 saturated carbocycles. The highest BCUT2D eigenvalue weighted by molar-refractivity contribution is 5.91. The molecule has 0 bridgehead atoms. The normalized spacial score (nSPS) is 14.9. The smallest absolute Gasteiger partial charge is 0.126 e. The molecule has 0 unspecified atom stereocenters. The summed E-state index contributed by atoms with van der Waals surface area (Å²) in [7, 11) is 0. The second-order valence-corrected chi connectivity index (χ2v) is 8.02. The third-order valence-electron chi connectivity index (χ3n) is 5.99. The largest absolute Gasteiger partial charge is 0.382 e. The first-order chi connectivity index (χ1) is 15.3. The summed E-state index contributed by atoms with van der Waals surface area (Å²) >= 11 is 0. The van der Waals surface area contributed by atoms with Crippen molar-refractivity contribution in [3.8, 4) is 0 Å². The molecule has 0 atom stereocenters. The molecule has 5 rings (SSSR count). The number of nitrogens with one attached hydrogen (secondary N) is 2. The van der Waals surface area contributed by atoms with Gasteiger partial charge in [-0.3, -0.25) is 9.97 Å². The molecular formula is C25H26FN5. The molecule has 1 aliphatic rings. The van der Waals surface area contributed by atoms with Crippen molar-refractivity contribution < 1.29 is 4.39 Å². The lowest BCUT2D eigenvalue weighted by atomic mass is 10.0. The lowest BCUT2D eigenvalue weighted by Crippen LogP contribution is -2.43. The number of benzene rings is 2. The number of aromatic nitrogens is 2. The molecule has 0 spiro atoms. The number of rotatable bonds is 6. The Balaban J connectivity index is 1.14. The summed E-state index contributed by atoms with van der Waals surface area (Å²) in [6, 6.07) is 17.7. The maximum atomic E-state index is 13.9. The van der Waals surface area contributed by atoms with Crippen LogP contribution in [-0.2, 0) is 0 Å². The first-order valence-electron chi connectivity index (χ1n) is 10.9. The number of piperidine rings is 1. The number of halogens is 1. The van der Waals surface area contributed by atoms with Crippen molar-refractivity contribution in [1.29, 1.82) is 0 Å². The van der Waals surface area contributed by atoms with Gasteiger partial charge < -0.3 is 15.5 Å². The molecule has 3 heterocycles. The third-order valence-corrected chi connectivity index (χ3v) is 5.99. The van der Waals surface area contributed by atoms with Crippen LogP contribution in [0.5, 0.6) is 0 Å². The molecule has 2 aromatic heterocycles. The van der Waals surface area contributed by atoms with Gasteiger partial charge in [0.15, 0.2) is 0 Å². The zero-order chi connectivity index (χ0) is 21.0. The van der Waals surface area contributed by atoms with E-state index in [1.165, 1.54) is 23.2 Å². The topological polar surface area (TPSA) is 53.1 Å². The quantitative estimate of drug-likeness (QED) is 0.451. The average Bonchev–Trinajstić information content (AvgIpc) is 2.82. The second-order valence-electron chi connectivity index (χ2n) is 8.02. The highest BCUT2D eigenvalue weighted by Crippen LogP contribution is 2.27. The Labute approximate surface area is 181 Å². The minimum absolute atomic E-state index is 0.244. The number of hydrogen-bond acceptors (Lipinski definition) is 5. The van der Waals surface area contributed by atoms with E-state index in [4.69, 9.17) is 0 Å². The summed E-state index contributed by atoms with van der Waals surface area (Å²) in [6.07, 6.45) is 5.79. The van der Waals surface area contributed by atoms with Gasteiger partial charge in [-0.1, -0.05) is 24.3 Å². The van der Waals surface area contributed by atoms with E-state index in [1.54, 1.807) is 6.20 Å². The maximum Gasteiger partial charge on any atom is 0.126 e. The number of fused-ring (bicyclic) bond motifs is 2. The lowest BCUT2D eigenvalue weighted by Gasteiger charge is -2.34. The van der Waals surface area contributed by atoms with E-state index in [-0.39, 0.29) is 5.82 Å². The van der Waals surface area contributed by atoms with E-state index in [2.05, 4.69) is 49.8 Å². The van der Waals surface area contributed by atoms with E-state index >= 15 is 0 Å². The Bertz CT molecular complexity index is 1180. The van der Waals surface area contributed by atoms with Crippen LogP contribution in [0.15, 0.2) is 67.0 Å². The van der Waals surface area contributed by atoms with Crippen LogP contribution in [0.25, 0.3) is 21.8 Å². The van der Waals surface area contributed by atoms with Gasteiger partial charge in [0.05, 0.1) is 22.4 Å². The van der Waals surface area contributed by atoms with E-state index in [1.807, 2.05) is 24.4 Å². The van der Waals surface area contributed by atoms with Gasteiger partial charge in [0.2, 0.25) is 0 Å². The summed E-state index contributed by atoms with van der Waals surface area (Å²) in [4.78, 5) is 11.4. The van der Waals surface area contributed by atoms with Crippen molar-refractivity contribution in [1.82, 2.24) is 15.3 Å². The standard InChI is InChI=1S/C25H26FN5/c26-20-16-19-6-3-10-29-24(19)22(17-20)28-13-12-27-21-8-14-31(15-9-21)23-7-1-4-18-5-2-11-30-25(18)23/h1-7,10-11,16-17,21,27-28H,8-9,12-15H2. The van der Waals surface area contributed by atoms with Gasteiger partial charge in [-0.05, 0) is 43.2 Å². The molecule has 1 saturated heterocycles. The van der Waals surface area contributed by atoms with Crippen LogP contribution in [0.1, 0.15) is 12.8 Å². The van der Waals surface area contributed by atoms with Crippen molar-refractivity contribution in [2.24, 2.45) is 0 Å². The van der Waals surface area contributed by atoms with Gasteiger partial charge in [0.25, 0.3) is 0 Å². The van der Waals surface area contributed by atoms with Gasteiger partial charge in [-0.15, -0.1) is 0 Å². The highest BCUT2D eigenvalue weighted by Gasteiger charge is 2.20. The van der Waals surface area contributed by atoms with Crippen molar-refractivity contribution >= 4 is 33.2 Å². The number of pyridine rings is 2. The summed E-state index contributed by atoms with van der Waals surface area (Å²) in [6.45, 7) is 3.58. The Morgan fingerprint density at radius 3 is 2.45 bits per heavy atom. The molecule has 0 radical (unpaired) electrons. The minimum Gasteiger partial charge on any atom is -0.382 e. The SMILES string of the molecule is Fc1cc(NCCNC2CCN(c3cccc4cccnc34)CC2)c2ncccc2c1. The Morgan fingerprint density at radius 2 is 1.61 bits per heavy atom. The number of para-hydroxylation sites is 1. The Hall–Kier alpha value is -3.25. The molecule has 158 valence electrons. The predicted octanol–water partition coefficient (Wildman–Crippen LogP) is 4.59. The maximum absolute atomic E-state index is 13.9. The molecule has 4 aromatic rings. The van der Waals surface area contributed by atoms with E-state index in [9.17, 15) is 4.39 Å². The molecule has 6 heteroatoms. The molecular weight excluding hydrogens is 389 g/mol. The molecule has 2 N–H and O–H groups in total. The highest BCUT2D eigenvalue weighted by atomic mass is 19.1. The van der Waals surface area contributed by atoms with E-state index in [0.29, 0.717) is 6.04 Å². The first-order valence-corrected chi connectivity index (χ1v) is 10.9. The lowest BCUT2D eigenvalue weighted by molar-refractivity contribution is 0.421. The van der Waals surface area contributed by atoms with Crippen molar-refractivity contribution in [3.05, 3.63) is 72.8 Å². The number of anilines is 2. The predicted molar refractivity (Wildman–Crippen MR) is 125 cm³/mol. The van der Waals surface area contributed by atoms with Gasteiger partial charge in [0, 0.05) is 55.4 Å². The number of nitrogens with zero attached hydrogens (tertiary/aromatic N) is 3. The fourth-order valence-corrected chi connectivity index (χ4v) is 4.43. The molecule has 2 aromatic carbocycles. The van der Waals surface area contributed by atoms with Gasteiger partial charge in [-0.25, -0.2) is 4.39 Å². The average molecular weight is 416 g/mol. The fraction of sp³-hybridized carbons (Fsp3) is 0.280.